The lowest BCUT2D eigenvalue weighted by Crippen LogP contribution is -2.36. The Morgan fingerprint density at radius 1 is 1.32 bits per heavy atom. The smallest absolute Gasteiger partial charge is 0.287 e. The Bertz CT molecular complexity index is 982. The summed E-state index contributed by atoms with van der Waals surface area (Å²) in [7, 11) is 1.64. The lowest BCUT2D eigenvalue weighted by atomic mass is 10.0. The summed E-state index contributed by atoms with van der Waals surface area (Å²) in [5.74, 6) is 1.67. The van der Waals surface area contributed by atoms with Crippen LogP contribution in [0.2, 0.25) is 0 Å². The molecule has 6 heteroatoms. The summed E-state index contributed by atoms with van der Waals surface area (Å²) >= 11 is 0. The molecule has 3 heterocycles. The van der Waals surface area contributed by atoms with Gasteiger partial charge in [-0.25, -0.2) is 4.98 Å². The highest BCUT2D eigenvalue weighted by Crippen LogP contribution is 2.25. The number of carbonyl (C=O) groups is 1. The molecule has 1 aliphatic heterocycles. The zero-order valence-electron chi connectivity index (χ0n) is 16.5. The molecule has 148 valence electrons. The van der Waals surface area contributed by atoms with Crippen molar-refractivity contribution in [1.29, 1.82) is 0 Å². The molecule has 1 amide bonds. The van der Waals surface area contributed by atoms with E-state index in [-0.39, 0.29) is 5.91 Å². The number of methoxy groups -OCH3 is 1. The number of rotatable bonds is 6. The van der Waals surface area contributed by atoms with E-state index < -0.39 is 0 Å². The van der Waals surface area contributed by atoms with Crippen molar-refractivity contribution in [2.45, 2.75) is 26.2 Å². The van der Waals surface area contributed by atoms with Crippen LogP contribution in [0.5, 0.6) is 5.75 Å². The Labute approximate surface area is 164 Å². The second-order valence-corrected chi connectivity index (χ2v) is 7.71. The number of carbonyl (C=O) groups excluding carboxylic acids is 1. The number of nitrogens with zero attached hydrogens (tertiary/aromatic N) is 2. The normalized spacial score (nSPS) is 17.9. The molecule has 1 unspecified atom stereocenters. The van der Waals surface area contributed by atoms with Crippen molar-refractivity contribution in [3.63, 3.8) is 0 Å². The van der Waals surface area contributed by atoms with Gasteiger partial charge in [0.05, 0.1) is 12.6 Å². The van der Waals surface area contributed by atoms with Gasteiger partial charge >= 0.3 is 0 Å². The summed E-state index contributed by atoms with van der Waals surface area (Å²) in [4.78, 5) is 19.4. The molecule has 0 aliphatic carbocycles. The van der Waals surface area contributed by atoms with E-state index in [4.69, 9.17) is 9.15 Å². The predicted molar refractivity (Wildman–Crippen MR) is 110 cm³/mol. The average molecular weight is 381 g/mol. The van der Waals surface area contributed by atoms with Gasteiger partial charge in [0.1, 0.15) is 5.75 Å². The zero-order chi connectivity index (χ0) is 19.5. The number of amides is 1. The number of furan rings is 1. The summed E-state index contributed by atoms with van der Waals surface area (Å²) < 4.78 is 11.0. The van der Waals surface area contributed by atoms with Crippen molar-refractivity contribution in [2.75, 3.05) is 33.3 Å². The van der Waals surface area contributed by atoms with Gasteiger partial charge < -0.3 is 19.4 Å². The van der Waals surface area contributed by atoms with Crippen LogP contribution in [0.25, 0.3) is 22.0 Å². The number of likely N-dealkylation sites (tertiary alicyclic amines) is 1. The third kappa shape index (κ3) is 4.12. The van der Waals surface area contributed by atoms with E-state index in [1.54, 1.807) is 13.2 Å². The van der Waals surface area contributed by atoms with Crippen LogP contribution >= 0.6 is 0 Å². The lowest BCUT2D eigenvalue weighted by molar-refractivity contribution is 0.0924. The molecule has 4 rings (SSSR count). The number of aromatic nitrogens is 1. The number of ether oxygens (including phenoxy) is 1. The molecule has 1 saturated heterocycles. The van der Waals surface area contributed by atoms with Crippen LogP contribution in [0.4, 0.5) is 0 Å². The fourth-order valence-corrected chi connectivity index (χ4v) is 3.93. The largest absolute Gasteiger partial charge is 0.497 e. The summed E-state index contributed by atoms with van der Waals surface area (Å²) in [5.41, 5.74) is 1.29. The van der Waals surface area contributed by atoms with Gasteiger partial charge in [-0.15, -0.1) is 0 Å². The Balaban J connectivity index is 1.37. The highest BCUT2D eigenvalue weighted by Gasteiger charge is 2.16. The number of hydrogen-bond donors (Lipinski definition) is 1. The first-order chi connectivity index (χ1) is 13.6. The highest BCUT2D eigenvalue weighted by molar-refractivity contribution is 5.98. The van der Waals surface area contributed by atoms with Crippen molar-refractivity contribution in [1.82, 2.24) is 15.2 Å². The van der Waals surface area contributed by atoms with E-state index in [0.717, 1.165) is 40.9 Å². The van der Waals surface area contributed by atoms with Crippen molar-refractivity contribution in [2.24, 2.45) is 5.92 Å². The fraction of sp³-hybridized carbons (Fsp3) is 0.455. The third-order valence-electron chi connectivity index (χ3n) is 5.41. The minimum absolute atomic E-state index is 0.188. The van der Waals surface area contributed by atoms with Gasteiger partial charge in [-0.2, -0.15) is 0 Å². The topological polar surface area (TPSA) is 67.6 Å². The highest BCUT2D eigenvalue weighted by atomic mass is 16.5. The van der Waals surface area contributed by atoms with E-state index in [9.17, 15) is 4.79 Å². The number of nitrogens with one attached hydrogen (secondary N) is 1. The molecule has 28 heavy (non-hydrogen) atoms. The van der Waals surface area contributed by atoms with Crippen molar-refractivity contribution in [3.8, 4) is 5.75 Å². The van der Waals surface area contributed by atoms with Crippen LogP contribution in [-0.2, 0) is 0 Å². The number of hydrogen-bond acceptors (Lipinski definition) is 5. The quantitative estimate of drug-likeness (QED) is 0.657. The number of piperidine rings is 1. The van der Waals surface area contributed by atoms with Crippen LogP contribution in [-0.4, -0.2) is 49.1 Å². The fourth-order valence-electron chi connectivity index (χ4n) is 3.93. The molecule has 0 bridgehead atoms. The first-order valence-corrected chi connectivity index (χ1v) is 10.0. The third-order valence-corrected chi connectivity index (χ3v) is 5.41. The monoisotopic (exact) mass is 381 g/mol. The van der Waals surface area contributed by atoms with Crippen LogP contribution in [0.15, 0.2) is 34.7 Å². The van der Waals surface area contributed by atoms with Crippen LogP contribution in [0.3, 0.4) is 0 Å². The van der Waals surface area contributed by atoms with Crippen molar-refractivity contribution >= 4 is 27.9 Å². The summed E-state index contributed by atoms with van der Waals surface area (Å²) in [6, 6.07) is 9.40. The van der Waals surface area contributed by atoms with Gasteiger partial charge in [0, 0.05) is 23.9 Å². The molecule has 0 radical (unpaired) electrons. The number of fused-ring (bicyclic) bond motifs is 2. The van der Waals surface area contributed by atoms with Crippen LogP contribution < -0.4 is 10.1 Å². The molecular weight excluding hydrogens is 354 g/mol. The van der Waals surface area contributed by atoms with E-state index in [1.165, 1.54) is 25.9 Å². The minimum Gasteiger partial charge on any atom is -0.497 e. The maximum absolute atomic E-state index is 12.4. The number of pyridine rings is 1. The summed E-state index contributed by atoms with van der Waals surface area (Å²) in [6.07, 6.45) is 3.55. The molecule has 1 fully saturated rings. The van der Waals surface area contributed by atoms with E-state index in [0.29, 0.717) is 18.0 Å². The van der Waals surface area contributed by atoms with Crippen LogP contribution in [0.1, 0.15) is 36.7 Å². The van der Waals surface area contributed by atoms with Gasteiger partial charge in [-0.05, 0) is 68.6 Å². The second-order valence-electron chi connectivity index (χ2n) is 7.71. The Morgan fingerprint density at radius 2 is 2.21 bits per heavy atom. The maximum atomic E-state index is 12.4. The Kier molecular flexibility index (Phi) is 5.48. The summed E-state index contributed by atoms with van der Waals surface area (Å²) in [6.45, 7) is 6.32. The van der Waals surface area contributed by atoms with Crippen molar-refractivity contribution < 1.29 is 13.9 Å². The van der Waals surface area contributed by atoms with Gasteiger partial charge in [0.25, 0.3) is 5.91 Å². The molecular formula is C22H27N3O3. The van der Waals surface area contributed by atoms with E-state index in [1.807, 2.05) is 24.3 Å². The average Bonchev–Trinajstić information content (AvgIpc) is 3.12. The van der Waals surface area contributed by atoms with E-state index >= 15 is 0 Å². The molecule has 1 N–H and O–H groups in total. The van der Waals surface area contributed by atoms with Gasteiger partial charge in [0.2, 0.25) is 5.71 Å². The van der Waals surface area contributed by atoms with Gasteiger partial charge in [-0.1, -0.05) is 6.92 Å². The standard InChI is InChI=1S/C22H27N3O3/c1-15-5-3-9-25(14-15)10-4-8-23-21(26)20-13-17-11-16-12-18(27-2)6-7-19(16)24-22(17)28-20/h6-7,11-13,15H,3-5,8-10,14H2,1-2H3,(H,23,26). The van der Waals surface area contributed by atoms with Crippen molar-refractivity contribution in [3.05, 3.63) is 36.1 Å². The second kappa shape index (κ2) is 8.19. The molecule has 0 spiro atoms. The molecule has 2 aromatic heterocycles. The molecule has 0 saturated carbocycles. The number of benzene rings is 1. The summed E-state index contributed by atoms with van der Waals surface area (Å²) in [5, 5.41) is 4.73. The van der Waals surface area contributed by atoms with Crippen LogP contribution in [0, 0.1) is 5.92 Å². The van der Waals surface area contributed by atoms with Gasteiger partial charge in [0.15, 0.2) is 5.76 Å². The van der Waals surface area contributed by atoms with E-state index in [2.05, 4.69) is 22.1 Å². The molecule has 6 nitrogen and oxygen atoms in total. The minimum atomic E-state index is -0.188. The first-order valence-electron chi connectivity index (χ1n) is 10.0. The SMILES string of the molecule is COc1ccc2nc3oc(C(=O)NCCCN4CCCC(C)C4)cc3cc2c1. The molecule has 3 aromatic rings. The molecule has 1 aliphatic rings. The van der Waals surface area contributed by atoms with Gasteiger partial charge in [-0.3, -0.25) is 4.79 Å². The first kappa shape index (κ1) is 18.7. The zero-order valence-corrected chi connectivity index (χ0v) is 16.5. The lowest BCUT2D eigenvalue weighted by Gasteiger charge is -2.30. The predicted octanol–water partition coefficient (Wildman–Crippen LogP) is 3.84. The Morgan fingerprint density at radius 3 is 3.04 bits per heavy atom. The molecule has 1 aromatic carbocycles. The molecule has 1 atom stereocenters. The maximum Gasteiger partial charge on any atom is 0.287 e. The Hall–Kier alpha value is -2.60.